The summed E-state index contributed by atoms with van der Waals surface area (Å²) in [7, 11) is 0. The first-order valence-corrected chi connectivity index (χ1v) is 5.74. The zero-order chi connectivity index (χ0) is 12.3. The normalized spacial score (nSPS) is 10.6. The molecule has 0 atom stereocenters. The Balaban J connectivity index is 2.35. The number of anilines is 2. The Morgan fingerprint density at radius 2 is 2.29 bits per heavy atom. The fraction of sp³-hybridized carbons (Fsp3) is 0.333. The number of rotatable bonds is 4. The molecule has 2 rings (SSSR count). The Bertz CT molecular complexity index is 576. The molecule has 5 heteroatoms. The number of benzene rings is 1. The minimum Gasteiger partial charge on any atom is -0.399 e. The smallest absolute Gasteiger partial charge is 0.260 e. The quantitative estimate of drug-likeness (QED) is 0.553. The highest BCUT2D eigenvalue weighted by Crippen LogP contribution is 2.12. The maximum absolute atomic E-state index is 11.8. The van der Waals surface area contributed by atoms with E-state index in [2.05, 4.69) is 22.2 Å². The van der Waals surface area contributed by atoms with Gasteiger partial charge in [-0.3, -0.25) is 9.78 Å². The number of nitrogens with two attached hydrogens (primary N) is 1. The maximum atomic E-state index is 11.8. The van der Waals surface area contributed by atoms with E-state index in [4.69, 9.17) is 5.73 Å². The first-order valence-electron chi connectivity index (χ1n) is 5.74. The molecule has 0 bridgehead atoms. The van der Waals surface area contributed by atoms with Gasteiger partial charge in [-0.1, -0.05) is 13.3 Å². The predicted molar refractivity (Wildman–Crippen MR) is 70.2 cm³/mol. The van der Waals surface area contributed by atoms with Crippen LogP contribution in [0.25, 0.3) is 10.9 Å². The highest BCUT2D eigenvalue weighted by atomic mass is 16.1. The molecule has 2 aromatic rings. The molecule has 0 aliphatic carbocycles. The van der Waals surface area contributed by atoms with Gasteiger partial charge < -0.3 is 11.1 Å². The molecular weight excluding hydrogens is 216 g/mol. The fourth-order valence-electron chi connectivity index (χ4n) is 1.62. The SMILES string of the molecule is CCCCNc1nc2ccc(N)cc2c(=O)[nH]1. The first kappa shape index (κ1) is 11.4. The minimum atomic E-state index is -0.165. The average Bonchev–Trinajstić information content (AvgIpc) is 2.31. The first-order chi connectivity index (χ1) is 8.20. The van der Waals surface area contributed by atoms with Crippen molar-refractivity contribution < 1.29 is 0 Å². The van der Waals surface area contributed by atoms with Crippen LogP contribution in [0.5, 0.6) is 0 Å². The van der Waals surface area contributed by atoms with Gasteiger partial charge in [0.15, 0.2) is 0 Å². The lowest BCUT2D eigenvalue weighted by Gasteiger charge is -2.05. The Morgan fingerprint density at radius 3 is 3.06 bits per heavy atom. The van der Waals surface area contributed by atoms with Crippen LogP contribution in [0.15, 0.2) is 23.0 Å². The van der Waals surface area contributed by atoms with Gasteiger partial charge in [-0.15, -0.1) is 0 Å². The van der Waals surface area contributed by atoms with Crippen molar-refractivity contribution in [3.8, 4) is 0 Å². The van der Waals surface area contributed by atoms with Crippen LogP contribution in [0.3, 0.4) is 0 Å². The lowest BCUT2D eigenvalue weighted by Crippen LogP contribution is -2.14. The summed E-state index contributed by atoms with van der Waals surface area (Å²) in [5.74, 6) is 0.515. The monoisotopic (exact) mass is 232 g/mol. The Labute approximate surface area is 99.1 Å². The fourth-order valence-corrected chi connectivity index (χ4v) is 1.62. The van der Waals surface area contributed by atoms with E-state index in [9.17, 15) is 4.79 Å². The number of fused-ring (bicyclic) bond motifs is 1. The number of nitrogen functional groups attached to an aromatic ring is 1. The van der Waals surface area contributed by atoms with E-state index in [0.29, 0.717) is 22.5 Å². The van der Waals surface area contributed by atoms with Crippen molar-refractivity contribution in [2.45, 2.75) is 19.8 Å². The highest BCUT2D eigenvalue weighted by molar-refractivity contribution is 5.81. The van der Waals surface area contributed by atoms with E-state index in [-0.39, 0.29) is 5.56 Å². The lowest BCUT2D eigenvalue weighted by atomic mass is 10.2. The summed E-state index contributed by atoms with van der Waals surface area (Å²) in [6.45, 7) is 2.92. The zero-order valence-corrected chi connectivity index (χ0v) is 9.79. The number of H-pyrrole nitrogens is 1. The third kappa shape index (κ3) is 2.55. The molecule has 1 heterocycles. The summed E-state index contributed by atoms with van der Waals surface area (Å²) >= 11 is 0. The maximum Gasteiger partial charge on any atom is 0.260 e. The second-order valence-corrected chi connectivity index (χ2v) is 3.97. The van der Waals surface area contributed by atoms with Gasteiger partial charge in [0, 0.05) is 12.2 Å². The van der Waals surface area contributed by atoms with Crippen LogP contribution in [0, 0.1) is 0 Å². The number of aromatic nitrogens is 2. The molecule has 5 nitrogen and oxygen atoms in total. The van der Waals surface area contributed by atoms with E-state index in [1.165, 1.54) is 0 Å². The van der Waals surface area contributed by atoms with Crippen LogP contribution in [0.2, 0.25) is 0 Å². The third-order valence-corrected chi connectivity index (χ3v) is 2.55. The van der Waals surface area contributed by atoms with Crippen LogP contribution >= 0.6 is 0 Å². The summed E-state index contributed by atoms with van der Waals surface area (Å²) in [6, 6.07) is 5.13. The zero-order valence-electron chi connectivity index (χ0n) is 9.79. The second-order valence-electron chi connectivity index (χ2n) is 3.97. The Hall–Kier alpha value is -2.04. The topological polar surface area (TPSA) is 83.8 Å². The molecule has 0 radical (unpaired) electrons. The molecule has 0 fully saturated rings. The molecule has 1 aromatic carbocycles. The van der Waals surface area contributed by atoms with Gasteiger partial charge in [0.1, 0.15) is 0 Å². The third-order valence-electron chi connectivity index (χ3n) is 2.55. The van der Waals surface area contributed by atoms with Crippen molar-refractivity contribution in [2.75, 3.05) is 17.6 Å². The van der Waals surface area contributed by atoms with Crippen LogP contribution in [-0.2, 0) is 0 Å². The summed E-state index contributed by atoms with van der Waals surface area (Å²) in [5, 5.41) is 3.61. The van der Waals surface area contributed by atoms with Crippen molar-refractivity contribution in [1.82, 2.24) is 9.97 Å². The Morgan fingerprint density at radius 1 is 1.47 bits per heavy atom. The van der Waals surface area contributed by atoms with E-state index < -0.39 is 0 Å². The van der Waals surface area contributed by atoms with E-state index in [1.807, 2.05) is 0 Å². The van der Waals surface area contributed by atoms with Crippen LogP contribution in [-0.4, -0.2) is 16.5 Å². The number of hydrogen-bond acceptors (Lipinski definition) is 4. The molecule has 17 heavy (non-hydrogen) atoms. The number of nitrogens with zero attached hydrogens (tertiary/aromatic N) is 1. The molecule has 0 unspecified atom stereocenters. The molecule has 90 valence electrons. The van der Waals surface area contributed by atoms with E-state index in [0.717, 1.165) is 19.4 Å². The van der Waals surface area contributed by atoms with E-state index >= 15 is 0 Å². The summed E-state index contributed by atoms with van der Waals surface area (Å²) in [4.78, 5) is 18.8. The summed E-state index contributed by atoms with van der Waals surface area (Å²) < 4.78 is 0. The molecule has 0 saturated heterocycles. The van der Waals surface area contributed by atoms with Crippen LogP contribution in [0.4, 0.5) is 11.6 Å². The molecular formula is C12H16N4O. The van der Waals surface area contributed by atoms with Gasteiger partial charge in [0.2, 0.25) is 5.95 Å². The largest absolute Gasteiger partial charge is 0.399 e. The van der Waals surface area contributed by atoms with Crippen molar-refractivity contribution in [1.29, 1.82) is 0 Å². The number of unbranched alkanes of at least 4 members (excludes halogenated alkanes) is 1. The van der Waals surface area contributed by atoms with Crippen LogP contribution < -0.4 is 16.6 Å². The van der Waals surface area contributed by atoms with Gasteiger partial charge in [-0.2, -0.15) is 0 Å². The Kier molecular flexibility index (Phi) is 3.27. The van der Waals surface area contributed by atoms with Gasteiger partial charge in [0.25, 0.3) is 5.56 Å². The van der Waals surface area contributed by atoms with Gasteiger partial charge >= 0.3 is 0 Å². The lowest BCUT2D eigenvalue weighted by molar-refractivity contribution is 0.826. The van der Waals surface area contributed by atoms with Crippen molar-refractivity contribution in [3.63, 3.8) is 0 Å². The van der Waals surface area contributed by atoms with Crippen molar-refractivity contribution in [3.05, 3.63) is 28.6 Å². The van der Waals surface area contributed by atoms with Gasteiger partial charge in [-0.25, -0.2) is 4.98 Å². The molecule has 0 aliphatic heterocycles. The van der Waals surface area contributed by atoms with Crippen LogP contribution in [0.1, 0.15) is 19.8 Å². The van der Waals surface area contributed by atoms with Gasteiger partial charge in [-0.05, 0) is 24.6 Å². The molecule has 1 aromatic heterocycles. The molecule has 0 amide bonds. The molecule has 0 saturated carbocycles. The van der Waals surface area contributed by atoms with Gasteiger partial charge in [0.05, 0.1) is 10.9 Å². The number of hydrogen-bond donors (Lipinski definition) is 3. The molecule has 0 aliphatic rings. The van der Waals surface area contributed by atoms with Crippen molar-refractivity contribution >= 4 is 22.5 Å². The molecule has 0 spiro atoms. The predicted octanol–water partition coefficient (Wildman–Crippen LogP) is 1.72. The standard InChI is InChI=1S/C12H16N4O/c1-2-3-6-14-12-15-10-5-4-8(13)7-9(10)11(17)16-12/h4-5,7H,2-3,6,13H2,1H3,(H2,14,15,16,17). The summed E-state index contributed by atoms with van der Waals surface area (Å²) in [6.07, 6.45) is 2.14. The average molecular weight is 232 g/mol. The molecule has 4 N–H and O–H groups in total. The number of nitrogens with one attached hydrogen (secondary N) is 2. The second kappa shape index (κ2) is 4.86. The number of aromatic amines is 1. The van der Waals surface area contributed by atoms with Crippen molar-refractivity contribution in [2.24, 2.45) is 0 Å². The van der Waals surface area contributed by atoms with E-state index in [1.54, 1.807) is 18.2 Å². The summed E-state index contributed by atoms with van der Waals surface area (Å²) in [5.41, 5.74) is 6.69. The highest BCUT2D eigenvalue weighted by Gasteiger charge is 2.03. The minimum absolute atomic E-state index is 0.165.